The van der Waals surface area contributed by atoms with Gasteiger partial charge >= 0.3 is 0 Å². The summed E-state index contributed by atoms with van der Waals surface area (Å²) in [5.41, 5.74) is 1.16. The first-order chi connectivity index (χ1) is 12.0. The lowest BCUT2D eigenvalue weighted by molar-refractivity contribution is 0.268. The van der Waals surface area contributed by atoms with Crippen LogP contribution in [0.2, 0.25) is 0 Å². The number of nitrogens with zero attached hydrogens (tertiary/aromatic N) is 2. The molecule has 4 nitrogen and oxygen atoms in total. The Morgan fingerprint density at radius 3 is 2.64 bits per heavy atom. The minimum absolute atomic E-state index is 0.0691. The number of guanidine groups is 1. The van der Waals surface area contributed by atoms with Crippen LogP contribution in [0.4, 0.5) is 4.39 Å². The van der Waals surface area contributed by atoms with E-state index in [1.165, 1.54) is 12.5 Å². The Labute approximate surface area is 151 Å². The van der Waals surface area contributed by atoms with E-state index in [1.807, 2.05) is 6.07 Å². The van der Waals surface area contributed by atoms with Crippen LogP contribution in [0.15, 0.2) is 29.3 Å². The predicted octanol–water partition coefficient (Wildman–Crippen LogP) is 3.14. The molecular formula is C20H33FN4. The van der Waals surface area contributed by atoms with Crippen molar-refractivity contribution in [3.63, 3.8) is 0 Å². The Bertz CT molecular complexity index is 567. The number of hydrogen-bond acceptors (Lipinski definition) is 2. The number of nitrogens with one attached hydrogen (secondary N) is 2. The summed E-state index contributed by atoms with van der Waals surface area (Å²) in [4.78, 5) is 6.67. The van der Waals surface area contributed by atoms with Crippen LogP contribution < -0.4 is 10.6 Å². The molecule has 0 unspecified atom stereocenters. The van der Waals surface area contributed by atoms with Crippen molar-refractivity contribution in [2.75, 3.05) is 33.7 Å². The van der Waals surface area contributed by atoms with Crippen molar-refractivity contribution < 1.29 is 4.39 Å². The van der Waals surface area contributed by atoms with Crippen molar-refractivity contribution in [1.29, 1.82) is 0 Å². The van der Waals surface area contributed by atoms with Crippen molar-refractivity contribution in [3.8, 4) is 0 Å². The van der Waals surface area contributed by atoms with Crippen LogP contribution in [0.5, 0.6) is 0 Å². The molecule has 0 spiro atoms. The first-order valence-corrected chi connectivity index (χ1v) is 9.38. The molecule has 0 heterocycles. The van der Waals surface area contributed by atoms with E-state index in [-0.39, 0.29) is 11.2 Å². The molecule has 25 heavy (non-hydrogen) atoms. The van der Waals surface area contributed by atoms with Gasteiger partial charge in [0.2, 0.25) is 0 Å². The topological polar surface area (TPSA) is 39.7 Å². The average Bonchev–Trinajstić information content (AvgIpc) is 3.38. The van der Waals surface area contributed by atoms with Gasteiger partial charge in [0.05, 0.1) is 0 Å². The third-order valence-corrected chi connectivity index (χ3v) is 5.22. The highest BCUT2D eigenvalue weighted by molar-refractivity contribution is 5.79. The molecular weight excluding hydrogens is 315 g/mol. The number of benzene rings is 1. The molecule has 1 aromatic rings. The van der Waals surface area contributed by atoms with Gasteiger partial charge < -0.3 is 15.5 Å². The van der Waals surface area contributed by atoms with Crippen LogP contribution in [0.1, 0.15) is 45.1 Å². The maximum atomic E-state index is 13.5. The van der Waals surface area contributed by atoms with Gasteiger partial charge in [0.15, 0.2) is 5.96 Å². The van der Waals surface area contributed by atoms with Gasteiger partial charge in [-0.15, -0.1) is 0 Å². The highest BCUT2D eigenvalue weighted by Gasteiger charge is 2.44. The number of halogens is 1. The summed E-state index contributed by atoms with van der Waals surface area (Å²) in [5.74, 6) is 0.678. The second kappa shape index (κ2) is 9.18. The molecule has 0 amide bonds. The third-order valence-electron chi connectivity index (χ3n) is 5.22. The molecule has 1 aromatic carbocycles. The van der Waals surface area contributed by atoms with Crippen LogP contribution in [0.25, 0.3) is 0 Å². The van der Waals surface area contributed by atoms with E-state index in [1.54, 1.807) is 19.2 Å². The molecule has 0 bridgehead atoms. The van der Waals surface area contributed by atoms with Gasteiger partial charge in [-0.25, -0.2) is 4.39 Å². The Balaban J connectivity index is 1.70. The Hall–Kier alpha value is -1.62. The monoisotopic (exact) mass is 348 g/mol. The van der Waals surface area contributed by atoms with Crippen molar-refractivity contribution in [1.82, 2.24) is 15.5 Å². The smallest absolute Gasteiger partial charge is 0.191 e. The molecule has 1 aliphatic rings. The van der Waals surface area contributed by atoms with Crippen LogP contribution in [0.3, 0.4) is 0 Å². The van der Waals surface area contributed by atoms with Gasteiger partial charge in [0.25, 0.3) is 0 Å². The lowest BCUT2D eigenvalue weighted by Crippen LogP contribution is -2.41. The summed E-state index contributed by atoms with van der Waals surface area (Å²) in [6.07, 6.45) is 4.49. The summed E-state index contributed by atoms with van der Waals surface area (Å²) < 4.78 is 13.5. The zero-order chi connectivity index (χ0) is 18.3. The summed E-state index contributed by atoms with van der Waals surface area (Å²) in [6.45, 7) is 7.27. The maximum absolute atomic E-state index is 13.5. The van der Waals surface area contributed by atoms with Crippen molar-refractivity contribution in [3.05, 3.63) is 35.6 Å². The SMILES string of the molecule is CN=C(NCCCCN(C)C(C)C)NCC1(c2cccc(F)c2)CC1. The second-order valence-electron chi connectivity index (χ2n) is 7.42. The average molecular weight is 349 g/mol. The Kier molecular flexibility index (Phi) is 7.24. The van der Waals surface area contributed by atoms with E-state index in [0.29, 0.717) is 6.04 Å². The van der Waals surface area contributed by atoms with E-state index in [9.17, 15) is 4.39 Å². The molecule has 0 radical (unpaired) electrons. The standard InChI is InChI=1S/C20H33FN4/c1-16(2)25(4)13-6-5-12-23-19(22-3)24-15-20(10-11-20)17-8-7-9-18(21)14-17/h7-9,14,16H,5-6,10-13,15H2,1-4H3,(H2,22,23,24). The molecule has 0 aliphatic heterocycles. The number of aliphatic imine (C=N–C) groups is 1. The van der Waals surface area contributed by atoms with Gasteiger partial charge in [-0.1, -0.05) is 12.1 Å². The highest BCUT2D eigenvalue weighted by atomic mass is 19.1. The number of unbranched alkanes of at least 4 members (excludes halogenated alkanes) is 1. The largest absolute Gasteiger partial charge is 0.356 e. The highest BCUT2D eigenvalue weighted by Crippen LogP contribution is 2.47. The fourth-order valence-electron chi connectivity index (χ4n) is 2.96. The van der Waals surface area contributed by atoms with Crippen LogP contribution in [-0.4, -0.2) is 50.6 Å². The Morgan fingerprint density at radius 1 is 1.28 bits per heavy atom. The lowest BCUT2D eigenvalue weighted by Gasteiger charge is -2.21. The lowest BCUT2D eigenvalue weighted by atomic mass is 9.96. The summed E-state index contributed by atoms with van der Waals surface area (Å²) in [7, 11) is 3.96. The van der Waals surface area contributed by atoms with Gasteiger partial charge in [0, 0.05) is 31.6 Å². The zero-order valence-electron chi connectivity index (χ0n) is 16.1. The van der Waals surface area contributed by atoms with Crippen molar-refractivity contribution >= 4 is 5.96 Å². The van der Waals surface area contributed by atoms with Crippen LogP contribution >= 0.6 is 0 Å². The van der Waals surface area contributed by atoms with E-state index in [4.69, 9.17) is 0 Å². The molecule has 0 atom stereocenters. The van der Waals surface area contributed by atoms with E-state index < -0.39 is 0 Å². The van der Waals surface area contributed by atoms with Gasteiger partial charge in [-0.3, -0.25) is 4.99 Å². The van der Waals surface area contributed by atoms with E-state index >= 15 is 0 Å². The second-order valence-corrected chi connectivity index (χ2v) is 7.42. The van der Waals surface area contributed by atoms with E-state index in [2.05, 4.69) is 41.4 Å². The van der Waals surface area contributed by atoms with Gasteiger partial charge in [-0.2, -0.15) is 0 Å². The fraction of sp³-hybridized carbons (Fsp3) is 0.650. The molecule has 0 aromatic heterocycles. The predicted molar refractivity (Wildman–Crippen MR) is 104 cm³/mol. The first-order valence-electron chi connectivity index (χ1n) is 9.38. The van der Waals surface area contributed by atoms with Crippen molar-refractivity contribution in [2.45, 2.75) is 51.0 Å². The normalized spacial score (nSPS) is 16.4. The number of rotatable bonds is 9. The van der Waals surface area contributed by atoms with Gasteiger partial charge in [-0.05, 0) is 70.8 Å². The molecule has 0 saturated heterocycles. The summed E-state index contributed by atoms with van der Waals surface area (Å²) in [6, 6.07) is 7.59. The van der Waals surface area contributed by atoms with Crippen molar-refractivity contribution in [2.24, 2.45) is 4.99 Å². The molecule has 1 saturated carbocycles. The third kappa shape index (κ3) is 5.99. The molecule has 2 rings (SSSR count). The quantitative estimate of drug-likeness (QED) is 0.409. The van der Waals surface area contributed by atoms with Gasteiger partial charge in [0.1, 0.15) is 5.82 Å². The number of hydrogen-bond donors (Lipinski definition) is 2. The maximum Gasteiger partial charge on any atom is 0.191 e. The molecule has 5 heteroatoms. The minimum Gasteiger partial charge on any atom is -0.356 e. The molecule has 1 fully saturated rings. The van der Waals surface area contributed by atoms with Crippen LogP contribution in [0, 0.1) is 5.82 Å². The summed E-state index contributed by atoms with van der Waals surface area (Å²) in [5, 5.41) is 6.80. The minimum atomic E-state index is -0.155. The van der Waals surface area contributed by atoms with Crippen LogP contribution in [-0.2, 0) is 5.41 Å². The Morgan fingerprint density at radius 2 is 2.04 bits per heavy atom. The first kappa shape index (κ1) is 19.7. The molecule has 1 aliphatic carbocycles. The molecule has 140 valence electrons. The summed E-state index contributed by atoms with van der Waals surface area (Å²) >= 11 is 0. The zero-order valence-corrected chi connectivity index (χ0v) is 16.1. The fourth-order valence-corrected chi connectivity index (χ4v) is 2.96. The van der Waals surface area contributed by atoms with E-state index in [0.717, 1.165) is 50.4 Å². The molecule has 2 N–H and O–H groups in total.